The summed E-state index contributed by atoms with van der Waals surface area (Å²) in [4.78, 5) is 12.8. The van der Waals surface area contributed by atoms with Gasteiger partial charge < -0.3 is 24.3 Å². The van der Waals surface area contributed by atoms with Crippen molar-refractivity contribution in [2.24, 2.45) is 0 Å². The molecule has 0 aromatic heterocycles. The number of amides is 1. The molecule has 0 heterocycles. The van der Waals surface area contributed by atoms with Gasteiger partial charge in [0.2, 0.25) is 0 Å². The molecule has 0 saturated heterocycles. The lowest BCUT2D eigenvalue weighted by molar-refractivity contribution is -0.112. The second kappa shape index (κ2) is 12.5. The molecule has 9 heteroatoms. The highest BCUT2D eigenvalue weighted by atomic mass is 35.5. The van der Waals surface area contributed by atoms with Crippen LogP contribution in [-0.4, -0.2) is 26.7 Å². The molecule has 0 aliphatic heterocycles. The van der Waals surface area contributed by atoms with Crippen molar-refractivity contribution >= 4 is 29.3 Å². The standard InChI is InChI=1S/C27H24ClFN2O5/c1-4-35-26-12-18(7-10-23(26)36-16-17-5-8-20(29)9-6-17)11-19(15-30)27(32)31-22-14-24(33-2)21(28)13-25(22)34-3/h5-14H,4,16H2,1-3H3,(H,31,32)/b19-11+. The first-order chi connectivity index (χ1) is 17.4. The molecule has 3 aromatic rings. The van der Waals surface area contributed by atoms with E-state index in [1.165, 1.54) is 44.6 Å². The van der Waals surface area contributed by atoms with Crippen molar-refractivity contribution in [3.05, 3.63) is 82.1 Å². The van der Waals surface area contributed by atoms with Crippen molar-refractivity contribution in [1.29, 1.82) is 5.26 Å². The first-order valence-corrected chi connectivity index (χ1v) is 11.2. The highest BCUT2D eigenvalue weighted by Gasteiger charge is 2.16. The van der Waals surface area contributed by atoms with Crippen LogP contribution in [0.3, 0.4) is 0 Å². The number of methoxy groups -OCH3 is 2. The Morgan fingerprint density at radius 2 is 1.72 bits per heavy atom. The minimum atomic E-state index is -0.644. The van der Waals surface area contributed by atoms with E-state index in [9.17, 15) is 14.4 Å². The van der Waals surface area contributed by atoms with Crippen LogP contribution < -0.4 is 24.3 Å². The summed E-state index contributed by atoms with van der Waals surface area (Å²) >= 11 is 6.11. The van der Waals surface area contributed by atoms with Crippen LogP contribution in [0.4, 0.5) is 10.1 Å². The summed E-state index contributed by atoms with van der Waals surface area (Å²) in [6, 6.07) is 16.0. The van der Waals surface area contributed by atoms with Crippen LogP contribution in [0.5, 0.6) is 23.0 Å². The van der Waals surface area contributed by atoms with Gasteiger partial charge in [-0.2, -0.15) is 5.26 Å². The predicted octanol–water partition coefficient (Wildman–Crippen LogP) is 6.02. The Labute approximate surface area is 213 Å². The quantitative estimate of drug-likeness (QED) is 0.265. The predicted molar refractivity (Wildman–Crippen MR) is 135 cm³/mol. The molecule has 0 radical (unpaired) electrons. The Balaban J connectivity index is 1.82. The Morgan fingerprint density at radius 1 is 1.00 bits per heavy atom. The minimum Gasteiger partial charge on any atom is -0.495 e. The lowest BCUT2D eigenvalue weighted by Gasteiger charge is -2.14. The van der Waals surface area contributed by atoms with Gasteiger partial charge in [-0.1, -0.05) is 29.8 Å². The molecule has 3 rings (SSSR count). The maximum Gasteiger partial charge on any atom is 0.266 e. The molecule has 0 aliphatic rings. The number of ether oxygens (including phenoxy) is 4. The lowest BCUT2D eigenvalue weighted by atomic mass is 10.1. The average Bonchev–Trinajstić information content (AvgIpc) is 2.88. The Kier molecular flexibility index (Phi) is 9.14. The van der Waals surface area contributed by atoms with Gasteiger partial charge in [0, 0.05) is 12.1 Å². The zero-order chi connectivity index (χ0) is 26.1. The van der Waals surface area contributed by atoms with Crippen LogP contribution >= 0.6 is 11.6 Å². The number of hydrogen-bond donors (Lipinski definition) is 1. The van der Waals surface area contributed by atoms with Crippen LogP contribution in [0.15, 0.2) is 60.2 Å². The lowest BCUT2D eigenvalue weighted by Crippen LogP contribution is -2.14. The van der Waals surface area contributed by atoms with E-state index >= 15 is 0 Å². The average molecular weight is 511 g/mol. The second-order valence-electron chi connectivity index (χ2n) is 7.37. The highest BCUT2D eigenvalue weighted by Crippen LogP contribution is 2.36. The Morgan fingerprint density at radius 3 is 2.36 bits per heavy atom. The fourth-order valence-corrected chi connectivity index (χ4v) is 3.44. The fourth-order valence-electron chi connectivity index (χ4n) is 3.21. The summed E-state index contributed by atoms with van der Waals surface area (Å²) in [5, 5.41) is 12.6. The smallest absolute Gasteiger partial charge is 0.266 e. The summed E-state index contributed by atoms with van der Waals surface area (Å²) in [6.07, 6.45) is 1.43. The third kappa shape index (κ3) is 6.68. The van der Waals surface area contributed by atoms with E-state index in [-0.39, 0.29) is 18.0 Å². The van der Waals surface area contributed by atoms with Crippen molar-refractivity contribution in [2.75, 3.05) is 26.1 Å². The number of nitrogens with one attached hydrogen (secondary N) is 1. The normalized spacial score (nSPS) is 10.8. The van der Waals surface area contributed by atoms with Crippen molar-refractivity contribution < 1.29 is 28.1 Å². The number of benzene rings is 3. The monoisotopic (exact) mass is 510 g/mol. The molecule has 1 N–H and O–H groups in total. The van der Waals surface area contributed by atoms with Gasteiger partial charge in [0.05, 0.1) is 31.5 Å². The number of nitriles is 1. The number of halogens is 2. The fraction of sp³-hybridized carbons (Fsp3) is 0.185. The van der Waals surface area contributed by atoms with Gasteiger partial charge in [-0.25, -0.2) is 4.39 Å². The zero-order valence-corrected chi connectivity index (χ0v) is 20.7. The van der Waals surface area contributed by atoms with E-state index < -0.39 is 5.91 Å². The molecule has 0 fully saturated rings. The summed E-state index contributed by atoms with van der Waals surface area (Å²) in [5.41, 5.74) is 1.50. The highest BCUT2D eigenvalue weighted by molar-refractivity contribution is 6.32. The molecule has 3 aromatic carbocycles. The minimum absolute atomic E-state index is 0.145. The van der Waals surface area contributed by atoms with E-state index in [0.29, 0.717) is 45.9 Å². The van der Waals surface area contributed by atoms with E-state index in [0.717, 1.165) is 5.56 Å². The largest absolute Gasteiger partial charge is 0.495 e. The van der Waals surface area contributed by atoms with E-state index in [4.69, 9.17) is 30.5 Å². The van der Waals surface area contributed by atoms with Gasteiger partial charge in [0.25, 0.3) is 5.91 Å². The number of nitrogens with zero attached hydrogens (tertiary/aromatic N) is 1. The summed E-state index contributed by atoms with van der Waals surface area (Å²) < 4.78 is 35.1. The SMILES string of the molecule is CCOc1cc(/C=C(\C#N)C(=O)Nc2cc(OC)c(Cl)cc2OC)ccc1OCc1ccc(F)cc1. The van der Waals surface area contributed by atoms with Crippen LogP contribution in [0.1, 0.15) is 18.1 Å². The van der Waals surface area contributed by atoms with Gasteiger partial charge >= 0.3 is 0 Å². The van der Waals surface area contributed by atoms with Crippen LogP contribution in [0, 0.1) is 17.1 Å². The third-order valence-electron chi connectivity index (χ3n) is 4.97. The number of hydrogen-bond acceptors (Lipinski definition) is 6. The van der Waals surface area contributed by atoms with Crippen LogP contribution in [0.25, 0.3) is 6.08 Å². The molecule has 0 spiro atoms. The molecular formula is C27H24ClFN2O5. The number of rotatable bonds is 10. The maximum absolute atomic E-state index is 13.1. The van der Waals surface area contributed by atoms with E-state index in [2.05, 4.69) is 5.32 Å². The number of anilines is 1. The maximum atomic E-state index is 13.1. The van der Waals surface area contributed by atoms with Crippen molar-refractivity contribution in [3.8, 4) is 29.1 Å². The van der Waals surface area contributed by atoms with E-state index in [1.54, 1.807) is 30.3 Å². The van der Waals surface area contributed by atoms with Crippen molar-refractivity contribution in [3.63, 3.8) is 0 Å². The number of carbonyl (C=O) groups excluding carboxylic acids is 1. The summed E-state index contributed by atoms with van der Waals surface area (Å²) in [5.74, 6) is 0.598. The Bertz CT molecular complexity index is 1300. The number of carbonyl (C=O) groups is 1. The molecular weight excluding hydrogens is 487 g/mol. The molecule has 0 bridgehead atoms. The topological polar surface area (TPSA) is 89.8 Å². The zero-order valence-electron chi connectivity index (χ0n) is 19.9. The molecule has 0 saturated carbocycles. The van der Waals surface area contributed by atoms with Crippen LogP contribution in [0.2, 0.25) is 5.02 Å². The van der Waals surface area contributed by atoms with Gasteiger partial charge in [-0.05, 0) is 48.4 Å². The first kappa shape index (κ1) is 26.4. The van der Waals surface area contributed by atoms with Crippen molar-refractivity contribution in [1.82, 2.24) is 0 Å². The Hall–Kier alpha value is -4.22. The summed E-state index contributed by atoms with van der Waals surface area (Å²) in [7, 11) is 2.88. The van der Waals surface area contributed by atoms with Gasteiger partial charge in [-0.15, -0.1) is 0 Å². The summed E-state index contributed by atoms with van der Waals surface area (Å²) in [6.45, 7) is 2.42. The van der Waals surface area contributed by atoms with Gasteiger partial charge in [0.15, 0.2) is 11.5 Å². The van der Waals surface area contributed by atoms with E-state index in [1.807, 2.05) is 13.0 Å². The van der Waals surface area contributed by atoms with Crippen molar-refractivity contribution in [2.45, 2.75) is 13.5 Å². The first-order valence-electron chi connectivity index (χ1n) is 10.9. The molecule has 0 atom stereocenters. The molecule has 0 aliphatic carbocycles. The molecule has 1 amide bonds. The van der Waals surface area contributed by atoms with Gasteiger partial charge in [-0.3, -0.25) is 4.79 Å². The molecule has 0 unspecified atom stereocenters. The molecule has 36 heavy (non-hydrogen) atoms. The second-order valence-corrected chi connectivity index (χ2v) is 7.77. The molecule has 7 nitrogen and oxygen atoms in total. The van der Waals surface area contributed by atoms with Crippen LogP contribution in [-0.2, 0) is 11.4 Å². The van der Waals surface area contributed by atoms with Gasteiger partial charge in [0.1, 0.15) is 35.6 Å². The molecule has 186 valence electrons. The third-order valence-corrected chi connectivity index (χ3v) is 5.27.